The van der Waals surface area contributed by atoms with E-state index in [0.717, 1.165) is 0 Å². The first-order valence-electron chi connectivity index (χ1n) is 9.43. The number of aliphatic hydroxyl groups excluding tert-OH is 1. The highest BCUT2D eigenvalue weighted by Crippen LogP contribution is 2.27. The van der Waals surface area contributed by atoms with E-state index in [2.05, 4.69) is 4.98 Å². The van der Waals surface area contributed by atoms with Crippen LogP contribution in [0.15, 0.2) is 64.2 Å². The van der Waals surface area contributed by atoms with Gasteiger partial charge in [-0.3, -0.25) is 14.3 Å². The molecule has 0 fully saturated rings. The van der Waals surface area contributed by atoms with Gasteiger partial charge in [0, 0.05) is 12.6 Å². The highest BCUT2D eigenvalue weighted by atomic mass is 19.4. The largest absolute Gasteiger partial charge is 0.457 e. The van der Waals surface area contributed by atoms with E-state index < -0.39 is 30.1 Å². The maximum absolute atomic E-state index is 12.8. The fraction of sp³-hybridized carbons (Fsp3) is 0.190. The van der Waals surface area contributed by atoms with Gasteiger partial charge in [0.05, 0.1) is 6.54 Å². The molecule has 1 atom stereocenters. The van der Waals surface area contributed by atoms with E-state index in [9.17, 15) is 27.9 Å². The topological polar surface area (TPSA) is 102 Å². The second-order valence-electron chi connectivity index (χ2n) is 7.03. The van der Waals surface area contributed by atoms with Gasteiger partial charge in [0.2, 0.25) is 0 Å². The molecule has 0 amide bonds. The van der Waals surface area contributed by atoms with Crippen molar-refractivity contribution < 1.29 is 23.0 Å². The van der Waals surface area contributed by atoms with Crippen molar-refractivity contribution in [3.63, 3.8) is 0 Å². The molecule has 4 rings (SSSR count). The average Bonchev–Trinajstić information content (AvgIpc) is 3.09. The number of para-hydroxylation sites is 1. The highest BCUT2D eigenvalue weighted by molar-refractivity contribution is 5.76. The molecule has 0 aliphatic carbocycles. The summed E-state index contributed by atoms with van der Waals surface area (Å²) in [5.41, 5.74) is -1.71. The van der Waals surface area contributed by atoms with Gasteiger partial charge in [0.1, 0.15) is 17.3 Å². The SMILES string of the molecule is Cn1c(-c2ccc(Oc3ccccc3)cc2)nc2c1c(=O)[nH]c(=O)n2CC(O)C(F)(F)F. The molecule has 11 heteroatoms. The quantitative estimate of drug-likeness (QED) is 0.491. The van der Waals surface area contributed by atoms with Crippen LogP contribution in [0.5, 0.6) is 11.5 Å². The minimum Gasteiger partial charge on any atom is -0.457 e. The van der Waals surface area contributed by atoms with Crippen LogP contribution < -0.4 is 16.0 Å². The van der Waals surface area contributed by atoms with Crippen LogP contribution in [-0.4, -0.2) is 36.5 Å². The Bertz CT molecular complexity index is 1370. The molecule has 0 saturated carbocycles. The fourth-order valence-corrected chi connectivity index (χ4v) is 3.25. The Kier molecular flexibility index (Phi) is 5.35. The lowest BCUT2D eigenvalue weighted by atomic mass is 10.2. The molecule has 0 saturated heterocycles. The van der Waals surface area contributed by atoms with E-state index in [1.54, 1.807) is 36.4 Å². The Balaban J connectivity index is 1.75. The number of rotatable bonds is 5. The summed E-state index contributed by atoms with van der Waals surface area (Å²) in [5, 5.41) is 9.41. The Labute approximate surface area is 178 Å². The standard InChI is InChI=1S/C21H17F3N4O4/c1-27-16-18(28(20(31)26-19(16)30)11-15(29)21(22,23)24)25-17(27)12-7-9-14(10-8-12)32-13-5-3-2-4-6-13/h2-10,15,29H,11H2,1H3,(H,26,30,31). The molecule has 0 aliphatic rings. The van der Waals surface area contributed by atoms with Gasteiger partial charge in [-0.15, -0.1) is 0 Å². The number of fused-ring (bicyclic) bond motifs is 1. The van der Waals surface area contributed by atoms with Crippen molar-refractivity contribution in [1.82, 2.24) is 19.1 Å². The number of aromatic amines is 1. The van der Waals surface area contributed by atoms with Crippen molar-refractivity contribution in [2.24, 2.45) is 7.05 Å². The van der Waals surface area contributed by atoms with Crippen LogP contribution in [0, 0.1) is 0 Å². The predicted molar refractivity (Wildman–Crippen MR) is 110 cm³/mol. The third kappa shape index (κ3) is 4.02. The Morgan fingerprint density at radius 3 is 2.31 bits per heavy atom. The van der Waals surface area contributed by atoms with Gasteiger partial charge in [-0.25, -0.2) is 9.78 Å². The second kappa shape index (κ2) is 8.00. The van der Waals surface area contributed by atoms with Gasteiger partial charge >= 0.3 is 11.9 Å². The molecular weight excluding hydrogens is 429 g/mol. The lowest BCUT2D eigenvalue weighted by Gasteiger charge is -2.15. The van der Waals surface area contributed by atoms with E-state index in [1.807, 2.05) is 23.2 Å². The van der Waals surface area contributed by atoms with Gasteiger partial charge in [-0.05, 0) is 36.4 Å². The molecule has 4 aromatic rings. The molecule has 2 heterocycles. The van der Waals surface area contributed by atoms with Crippen molar-refractivity contribution in [1.29, 1.82) is 0 Å². The molecule has 0 spiro atoms. The second-order valence-corrected chi connectivity index (χ2v) is 7.03. The summed E-state index contributed by atoms with van der Waals surface area (Å²) in [6, 6.07) is 15.8. The molecular formula is C21H17F3N4O4. The summed E-state index contributed by atoms with van der Waals surface area (Å²) in [6.07, 6.45) is -7.73. The van der Waals surface area contributed by atoms with Crippen LogP contribution in [0.2, 0.25) is 0 Å². The van der Waals surface area contributed by atoms with Crippen LogP contribution in [0.3, 0.4) is 0 Å². The molecule has 8 nitrogen and oxygen atoms in total. The van der Waals surface area contributed by atoms with Gasteiger partial charge in [0.25, 0.3) is 5.56 Å². The fourth-order valence-electron chi connectivity index (χ4n) is 3.25. The summed E-state index contributed by atoms with van der Waals surface area (Å²) in [4.78, 5) is 30.7. The number of alkyl halides is 3. The van der Waals surface area contributed by atoms with Gasteiger partial charge in [-0.2, -0.15) is 13.2 Å². The third-order valence-electron chi connectivity index (χ3n) is 4.84. The molecule has 166 valence electrons. The van der Waals surface area contributed by atoms with Crippen molar-refractivity contribution >= 4 is 11.2 Å². The minimum absolute atomic E-state index is 0.0985. The monoisotopic (exact) mass is 446 g/mol. The number of hydrogen-bond acceptors (Lipinski definition) is 5. The van der Waals surface area contributed by atoms with Crippen LogP contribution in [0.1, 0.15) is 0 Å². The number of nitrogens with one attached hydrogen (secondary N) is 1. The number of H-pyrrole nitrogens is 1. The molecule has 2 aromatic heterocycles. The highest BCUT2D eigenvalue weighted by Gasteiger charge is 2.39. The zero-order valence-electron chi connectivity index (χ0n) is 16.6. The number of ether oxygens (including phenoxy) is 1. The maximum atomic E-state index is 12.8. The zero-order valence-corrected chi connectivity index (χ0v) is 16.6. The van der Waals surface area contributed by atoms with E-state index in [1.165, 1.54) is 11.6 Å². The van der Waals surface area contributed by atoms with Gasteiger partial charge in [0.15, 0.2) is 17.3 Å². The summed E-state index contributed by atoms with van der Waals surface area (Å²) in [7, 11) is 1.50. The predicted octanol–water partition coefficient (Wildman–Crippen LogP) is 2.81. The summed E-state index contributed by atoms with van der Waals surface area (Å²) in [5.74, 6) is 1.43. The Morgan fingerprint density at radius 2 is 1.69 bits per heavy atom. The Hall–Kier alpha value is -3.86. The molecule has 1 unspecified atom stereocenters. The average molecular weight is 446 g/mol. The van der Waals surface area contributed by atoms with E-state index in [4.69, 9.17) is 4.74 Å². The van der Waals surface area contributed by atoms with Gasteiger partial charge in [-0.1, -0.05) is 18.2 Å². The number of hydrogen-bond donors (Lipinski definition) is 2. The first kappa shape index (κ1) is 21.4. The number of halogens is 3. The van der Waals surface area contributed by atoms with Gasteiger partial charge < -0.3 is 14.4 Å². The number of aromatic nitrogens is 4. The normalized spacial score (nSPS) is 12.8. The van der Waals surface area contributed by atoms with Crippen LogP contribution in [0.4, 0.5) is 13.2 Å². The summed E-state index contributed by atoms with van der Waals surface area (Å²) >= 11 is 0. The van der Waals surface area contributed by atoms with E-state index in [0.29, 0.717) is 21.6 Å². The number of aryl methyl sites for hydroxylation is 1. The van der Waals surface area contributed by atoms with Crippen molar-refractivity contribution in [3.05, 3.63) is 75.4 Å². The first-order valence-corrected chi connectivity index (χ1v) is 9.43. The molecule has 0 aliphatic heterocycles. The van der Waals surface area contributed by atoms with Crippen LogP contribution >= 0.6 is 0 Å². The smallest absolute Gasteiger partial charge is 0.416 e. The number of aliphatic hydroxyl groups is 1. The van der Waals surface area contributed by atoms with Crippen molar-refractivity contribution in [2.45, 2.75) is 18.8 Å². The maximum Gasteiger partial charge on any atom is 0.416 e. The summed E-state index contributed by atoms with van der Waals surface area (Å²) in [6.45, 7) is -1.10. The van der Waals surface area contributed by atoms with Crippen molar-refractivity contribution in [3.8, 4) is 22.9 Å². The van der Waals surface area contributed by atoms with E-state index >= 15 is 0 Å². The molecule has 32 heavy (non-hydrogen) atoms. The molecule has 0 bridgehead atoms. The molecule has 2 N–H and O–H groups in total. The lowest BCUT2D eigenvalue weighted by molar-refractivity contribution is -0.207. The molecule has 0 radical (unpaired) electrons. The van der Waals surface area contributed by atoms with Crippen molar-refractivity contribution in [2.75, 3.05) is 0 Å². The third-order valence-corrected chi connectivity index (χ3v) is 4.84. The minimum atomic E-state index is -4.94. The van der Waals surface area contributed by atoms with Crippen LogP contribution in [0.25, 0.3) is 22.6 Å². The number of nitrogens with zero attached hydrogens (tertiary/aromatic N) is 3. The molecule has 2 aromatic carbocycles. The number of imidazole rings is 1. The zero-order chi connectivity index (χ0) is 23.0. The van der Waals surface area contributed by atoms with E-state index in [-0.39, 0.29) is 17.0 Å². The first-order chi connectivity index (χ1) is 15.1. The number of benzene rings is 2. The lowest BCUT2D eigenvalue weighted by Crippen LogP contribution is -2.39. The summed E-state index contributed by atoms with van der Waals surface area (Å²) < 4.78 is 46.1. The van der Waals surface area contributed by atoms with Crippen LogP contribution in [-0.2, 0) is 13.6 Å². The Morgan fingerprint density at radius 1 is 1.06 bits per heavy atom.